The van der Waals surface area contributed by atoms with E-state index in [4.69, 9.17) is 16.3 Å². The van der Waals surface area contributed by atoms with Crippen LogP contribution in [0.15, 0.2) is 53.6 Å². The molecule has 2 N–H and O–H groups in total. The lowest BCUT2D eigenvalue weighted by Gasteiger charge is -2.07. The summed E-state index contributed by atoms with van der Waals surface area (Å²) in [5.41, 5.74) is 2.57. The molecule has 0 fully saturated rings. The van der Waals surface area contributed by atoms with Crippen molar-refractivity contribution in [2.24, 2.45) is 5.10 Å². The molecule has 0 bridgehead atoms. The zero-order valence-corrected chi connectivity index (χ0v) is 14.7. The fourth-order valence-corrected chi connectivity index (χ4v) is 1.97. The molecule has 2 rings (SSSR count). The van der Waals surface area contributed by atoms with E-state index in [1.807, 2.05) is 0 Å². The molecular formula is C17H15ClN4O5. The van der Waals surface area contributed by atoms with E-state index in [0.717, 1.165) is 0 Å². The van der Waals surface area contributed by atoms with Gasteiger partial charge in [-0.15, -0.1) is 0 Å². The topological polar surface area (TPSA) is 123 Å². The first-order valence-electron chi connectivity index (χ1n) is 7.65. The zero-order chi connectivity index (χ0) is 19.6. The molecule has 0 saturated heterocycles. The fraction of sp³-hybridized carbons (Fsp3) is 0.118. The highest BCUT2D eigenvalue weighted by Gasteiger charge is 2.06. The van der Waals surface area contributed by atoms with E-state index in [2.05, 4.69) is 15.8 Å². The Morgan fingerprint density at radius 1 is 1.19 bits per heavy atom. The number of carbonyl (C=O) groups excluding carboxylic acids is 2. The number of carbonyl (C=O) groups is 2. The van der Waals surface area contributed by atoms with Crippen LogP contribution in [0.25, 0.3) is 0 Å². The Balaban J connectivity index is 1.70. The molecule has 0 aliphatic heterocycles. The Bertz CT molecular complexity index is 855. The van der Waals surface area contributed by atoms with Crippen LogP contribution >= 0.6 is 11.6 Å². The van der Waals surface area contributed by atoms with Gasteiger partial charge in [-0.1, -0.05) is 23.7 Å². The maximum Gasteiger partial charge on any atom is 0.270 e. The van der Waals surface area contributed by atoms with Crippen molar-refractivity contribution in [3.63, 3.8) is 0 Å². The van der Waals surface area contributed by atoms with Gasteiger partial charge in [-0.05, 0) is 24.3 Å². The molecule has 10 heteroatoms. The number of nitro groups is 1. The summed E-state index contributed by atoms with van der Waals surface area (Å²) in [6.45, 7) is -0.555. The molecule has 2 aromatic carbocycles. The molecule has 0 aromatic heterocycles. The minimum Gasteiger partial charge on any atom is -0.484 e. The normalized spacial score (nSPS) is 10.4. The van der Waals surface area contributed by atoms with Crippen LogP contribution in [0.3, 0.4) is 0 Å². The van der Waals surface area contributed by atoms with Gasteiger partial charge < -0.3 is 10.1 Å². The smallest absolute Gasteiger partial charge is 0.270 e. The molecule has 140 valence electrons. The molecule has 0 aliphatic carbocycles. The number of rotatable bonds is 8. The summed E-state index contributed by atoms with van der Waals surface area (Å²) >= 11 is 5.74. The number of halogens is 1. The van der Waals surface area contributed by atoms with Crippen LogP contribution in [0.2, 0.25) is 5.02 Å². The minimum absolute atomic E-state index is 0.0850. The Morgan fingerprint density at radius 3 is 2.63 bits per heavy atom. The summed E-state index contributed by atoms with van der Waals surface area (Å²) in [6.07, 6.45) is 1.26. The number of amides is 2. The van der Waals surface area contributed by atoms with Crippen LogP contribution in [0.1, 0.15) is 5.56 Å². The van der Waals surface area contributed by atoms with Crippen LogP contribution in [-0.4, -0.2) is 36.1 Å². The summed E-state index contributed by atoms with van der Waals surface area (Å²) in [5, 5.41) is 17.3. The second kappa shape index (κ2) is 9.88. The predicted octanol–water partition coefficient (Wildman–Crippen LogP) is 1.89. The third-order valence-corrected chi connectivity index (χ3v) is 3.37. The van der Waals surface area contributed by atoms with Crippen molar-refractivity contribution in [2.45, 2.75) is 0 Å². The van der Waals surface area contributed by atoms with Crippen LogP contribution < -0.4 is 15.5 Å². The average Bonchev–Trinajstić information content (AvgIpc) is 2.66. The Morgan fingerprint density at radius 2 is 1.93 bits per heavy atom. The molecule has 0 spiro atoms. The van der Waals surface area contributed by atoms with Crippen LogP contribution in [0.5, 0.6) is 5.75 Å². The van der Waals surface area contributed by atoms with Gasteiger partial charge in [-0.3, -0.25) is 19.7 Å². The number of hydrogen-bond donors (Lipinski definition) is 2. The molecule has 0 atom stereocenters. The standard InChI is InChI=1S/C17H15ClN4O5/c18-13-4-6-15(7-5-13)27-11-17(24)19-10-16(23)21-20-9-12-2-1-3-14(8-12)22(25)26/h1-9H,10-11H2,(H,19,24)(H,21,23)/b20-9+. The third kappa shape index (κ3) is 7.12. The van der Waals surface area contributed by atoms with E-state index in [1.54, 1.807) is 30.3 Å². The molecule has 2 aromatic rings. The van der Waals surface area contributed by atoms with Crippen molar-refractivity contribution in [1.29, 1.82) is 0 Å². The lowest BCUT2D eigenvalue weighted by Crippen LogP contribution is -2.37. The highest BCUT2D eigenvalue weighted by atomic mass is 35.5. The Labute approximate surface area is 159 Å². The fourth-order valence-electron chi connectivity index (χ4n) is 1.85. The van der Waals surface area contributed by atoms with Crippen molar-refractivity contribution in [1.82, 2.24) is 10.7 Å². The number of nitrogens with one attached hydrogen (secondary N) is 2. The summed E-state index contributed by atoms with van der Waals surface area (Å²) in [4.78, 5) is 33.4. The second-order valence-corrected chi connectivity index (χ2v) is 5.60. The van der Waals surface area contributed by atoms with Crippen molar-refractivity contribution < 1.29 is 19.2 Å². The molecule has 0 radical (unpaired) electrons. The van der Waals surface area contributed by atoms with Gasteiger partial charge in [0.15, 0.2) is 6.61 Å². The maximum absolute atomic E-state index is 11.6. The van der Waals surface area contributed by atoms with E-state index < -0.39 is 16.7 Å². The van der Waals surface area contributed by atoms with Crippen LogP contribution in [0, 0.1) is 10.1 Å². The Hall–Kier alpha value is -3.46. The van der Waals surface area contributed by atoms with Gasteiger partial charge in [-0.2, -0.15) is 5.10 Å². The molecule has 2 amide bonds. The number of nitro benzene ring substituents is 1. The van der Waals surface area contributed by atoms with E-state index in [1.165, 1.54) is 24.4 Å². The van der Waals surface area contributed by atoms with E-state index >= 15 is 0 Å². The van der Waals surface area contributed by atoms with Gasteiger partial charge in [0.25, 0.3) is 17.5 Å². The minimum atomic E-state index is -0.559. The number of ether oxygens (including phenoxy) is 1. The van der Waals surface area contributed by atoms with Gasteiger partial charge in [0.05, 0.1) is 17.7 Å². The van der Waals surface area contributed by atoms with Crippen molar-refractivity contribution in [3.05, 3.63) is 69.2 Å². The maximum atomic E-state index is 11.6. The SMILES string of the molecule is O=C(COc1ccc(Cl)cc1)NCC(=O)N/N=C/c1cccc([N+](=O)[O-])c1. The molecule has 9 nitrogen and oxygen atoms in total. The number of non-ortho nitro benzene ring substituents is 1. The lowest BCUT2D eigenvalue weighted by atomic mass is 10.2. The molecule has 0 unspecified atom stereocenters. The Kier molecular flexibility index (Phi) is 7.26. The highest BCUT2D eigenvalue weighted by molar-refractivity contribution is 6.30. The van der Waals surface area contributed by atoms with E-state index in [9.17, 15) is 19.7 Å². The summed E-state index contributed by atoms with van der Waals surface area (Å²) in [5.74, 6) is -0.570. The van der Waals surface area contributed by atoms with E-state index in [0.29, 0.717) is 16.3 Å². The summed E-state index contributed by atoms with van der Waals surface area (Å²) < 4.78 is 5.24. The molecule has 0 saturated carbocycles. The van der Waals surface area contributed by atoms with Gasteiger partial charge in [0, 0.05) is 22.7 Å². The third-order valence-electron chi connectivity index (χ3n) is 3.11. The average molecular weight is 391 g/mol. The van der Waals surface area contributed by atoms with Crippen LogP contribution in [0.4, 0.5) is 5.69 Å². The van der Waals surface area contributed by atoms with Crippen LogP contribution in [-0.2, 0) is 9.59 Å². The summed E-state index contributed by atoms with van der Waals surface area (Å²) in [6, 6.07) is 12.2. The predicted molar refractivity (Wildman–Crippen MR) is 98.8 cm³/mol. The molecule has 0 heterocycles. The van der Waals surface area contributed by atoms with Crippen molar-refractivity contribution in [3.8, 4) is 5.75 Å². The lowest BCUT2D eigenvalue weighted by molar-refractivity contribution is -0.384. The highest BCUT2D eigenvalue weighted by Crippen LogP contribution is 2.15. The first-order valence-corrected chi connectivity index (χ1v) is 8.03. The number of nitrogens with zero attached hydrogens (tertiary/aromatic N) is 2. The first kappa shape index (κ1) is 19.9. The van der Waals surface area contributed by atoms with Gasteiger partial charge in [0.2, 0.25) is 0 Å². The molecular weight excluding hydrogens is 376 g/mol. The largest absolute Gasteiger partial charge is 0.484 e. The second-order valence-electron chi connectivity index (χ2n) is 5.16. The molecule has 0 aliphatic rings. The number of hydrogen-bond acceptors (Lipinski definition) is 6. The van der Waals surface area contributed by atoms with Gasteiger partial charge in [0.1, 0.15) is 5.75 Å². The first-order chi connectivity index (χ1) is 12.9. The zero-order valence-electron chi connectivity index (χ0n) is 13.9. The van der Waals surface area contributed by atoms with Crippen molar-refractivity contribution >= 4 is 35.3 Å². The quantitative estimate of drug-likeness (QED) is 0.405. The number of benzene rings is 2. The monoisotopic (exact) mass is 390 g/mol. The van der Waals surface area contributed by atoms with E-state index in [-0.39, 0.29) is 18.8 Å². The summed E-state index contributed by atoms with van der Waals surface area (Å²) in [7, 11) is 0. The number of hydrazone groups is 1. The van der Waals surface area contributed by atoms with Gasteiger partial charge >= 0.3 is 0 Å². The van der Waals surface area contributed by atoms with Gasteiger partial charge in [-0.25, -0.2) is 5.43 Å². The van der Waals surface area contributed by atoms with Crippen molar-refractivity contribution in [2.75, 3.05) is 13.2 Å². The molecule has 27 heavy (non-hydrogen) atoms.